The smallest absolute Gasteiger partial charge is 0.343 e. The molecule has 24 heavy (non-hydrogen) atoms. The Morgan fingerprint density at radius 1 is 1.17 bits per heavy atom. The van der Waals surface area contributed by atoms with Crippen molar-refractivity contribution < 1.29 is 24.0 Å². The average Bonchev–Trinajstić information content (AvgIpc) is 2.56. The van der Waals surface area contributed by atoms with Crippen molar-refractivity contribution in [2.24, 2.45) is 0 Å². The number of unbranched alkanes of at least 4 members (excludes halogenated alkanes) is 1. The predicted octanol–water partition coefficient (Wildman–Crippen LogP) is 2.09. The summed E-state index contributed by atoms with van der Waals surface area (Å²) in [5, 5.41) is 3.27. The summed E-state index contributed by atoms with van der Waals surface area (Å²) in [7, 11) is 0. The Labute approximate surface area is 141 Å². The van der Waals surface area contributed by atoms with E-state index in [1.807, 2.05) is 35.8 Å². The lowest BCUT2D eigenvalue weighted by Gasteiger charge is -2.08. The lowest BCUT2D eigenvalue weighted by molar-refractivity contribution is -0.163. The highest BCUT2D eigenvalue weighted by atomic mass is 16.7. The molecule has 0 aliphatic carbocycles. The van der Waals surface area contributed by atoms with Crippen LogP contribution >= 0.6 is 0 Å². The van der Waals surface area contributed by atoms with Gasteiger partial charge in [-0.05, 0) is 30.5 Å². The molecule has 1 rings (SSSR count). The molecule has 7 nitrogen and oxygen atoms in total. The molecule has 7 heteroatoms. The van der Waals surface area contributed by atoms with Gasteiger partial charge in [0, 0.05) is 19.2 Å². The van der Waals surface area contributed by atoms with Crippen LogP contribution in [0.1, 0.15) is 31.7 Å². The summed E-state index contributed by atoms with van der Waals surface area (Å²) in [5.41, 5.74) is 3.63. The van der Waals surface area contributed by atoms with E-state index in [9.17, 15) is 14.4 Å². The lowest BCUT2D eigenvalue weighted by Crippen LogP contribution is -2.26. The fraction of sp³-hybridized carbons (Fsp3) is 0.353. The topological polar surface area (TPSA) is 93.7 Å². The zero-order valence-corrected chi connectivity index (χ0v) is 13.7. The predicted molar refractivity (Wildman–Crippen MR) is 88.7 cm³/mol. The standard InChI is InChI=1S/C17H22N2O5/c1-3-4-5-10-18-15-8-6-14(7-9-15)12-23-16(21)11-17(22)24-19-13(2)20/h3,6-9,18H,1,4-5,10-12H2,2H3,(H,19,20). The zero-order chi connectivity index (χ0) is 17.8. The monoisotopic (exact) mass is 334 g/mol. The van der Waals surface area contributed by atoms with Crippen LogP contribution in [-0.2, 0) is 30.6 Å². The largest absolute Gasteiger partial charge is 0.460 e. The lowest BCUT2D eigenvalue weighted by atomic mass is 10.2. The first-order chi connectivity index (χ1) is 11.5. The van der Waals surface area contributed by atoms with Crippen molar-refractivity contribution >= 4 is 23.5 Å². The maximum atomic E-state index is 11.5. The van der Waals surface area contributed by atoms with Gasteiger partial charge in [0.1, 0.15) is 13.0 Å². The van der Waals surface area contributed by atoms with Gasteiger partial charge in [0.05, 0.1) is 0 Å². The number of benzene rings is 1. The van der Waals surface area contributed by atoms with Crippen molar-refractivity contribution in [3.8, 4) is 0 Å². The number of rotatable bonds is 9. The molecule has 0 saturated heterocycles. The Morgan fingerprint density at radius 3 is 2.50 bits per heavy atom. The van der Waals surface area contributed by atoms with Crippen LogP contribution in [0.3, 0.4) is 0 Å². The van der Waals surface area contributed by atoms with Gasteiger partial charge in [-0.2, -0.15) is 5.48 Å². The second-order valence-corrected chi connectivity index (χ2v) is 5.02. The minimum absolute atomic E-state index is 0.0585. The molecule has 1 aromatic rings. The second kappa shape index (κ2) is 10.8. The summed E-state index contributed by atoms with van der Waals surface area (Å²) in [5.74, 6) is -2.14. The summed E-state index contributed by atoms with van der Waals surface area (Å²) in [4.78, 5) is 37.6. The molecule has 0 saturated carbocycles. The third-order valence-corrected chi connectivity index (χ3v) is 2.87. The summed E-state index contributed by atoms with van der Waals surface area (Å²) < 4.78 is 4.97. The number of hydrogen-bond acceptors (Lipinski definition) is 6. The van der Waals surface area contributed by atoms with E-state index in [2.05, 4.69) is 16.7 Å². The van der Waals surface area contributed by atoms with Crippen molar-refractivity contribution in [1.82, 2.24) is 5.48 Å². The van der Waals surface area contributed by atoms with Crippen LogP contribution in [0.15, 0.2) is 36.9 Å². The van der Waals surface area contributed by atoms with Crippen LogP contribution in [0, 0.1) is 0 Å². The van der Waals surface area contributed by atoms with Crippen molar-refractivity contribution in [3.05, 3.63) is 42.5 Å². The number of carbonyl (C=O) groups is 3. The molecular weight excluding hydrogens is 312 g/mol. The van der Waals surface area contributed by atoms with Gasteiger partial charge in [-0.25, -0.2) is 4.79 Å². The molecule has 0 heterocycles. The number of hydrogen-bond donors (Lipinski definition) is 2. The van der Waals surface area contributed by atoms with Crippen molar-refractivity contribution in [1.29, 1.82) is 0 Å². The first-order valence-electron chi connectivity index (χ1n) is 7.57. The highest BCUT2D eigenvalue weighted by Crippen LogP contribution is 2.11. The molecule has 0 radical (unpaired) electrons. The Morgan fingerprint density at radius 2 is 1.88 bits per heavy atom. The maximum absolute atomic E-state index is 11.5. The van der Waals surface area contributed by atoms with Gasteiger partial charge in [-0.1, -0.05) is 18.2 Å². The van der Waals surface area contributed by atoms with Crippen molar-refractivity contribution in [2.45, 2.75) is 32.8 Å². The summed E-state index contributed by atoms with van der Waals surface area (Å²) in [6.07, 6.45) is 3.29. The van der Waals surface area contributed by atoms with Crippen LogP contribution < -0.4 is 10.8 Å². The minimum atomic E-state index is -0.880. The summed E-state index contributed by atoms with van der Waals surface area (Å²) in [6.45, 7) is 5.77. The number of nitrogens with one attached hydrogen (secondary N) is 2. The molecule has 130 valence electrons. The van der Waals surface area contributed by atoms with E-state index in [0.717, 1.165) is 30.6 Å². The first-order valence-corrected chi connectivity index (χ1v) is 7.57. The molecule has 0 spiro atoms. The minimum Gasteiger partial charge on any atom is -0.460 e. The van der Waals surface area contributed by atoms with E-state index in [1.165, 1.54) is 6.92 Å². The molecule has 0 aliphatic rings. The molecule has 0 aliphatic heterocycles. The molecular formula is C17H22N2O5. The van der Waals surface area contributed by atoms with E-state index in [1.54, 1.807) is 0 Å². The second-order valence-electron chi connectivity index (χ2n) is 5.02. The van der Waals surface area contributed by atoms with E-state index in [0.29, 0.717) is 0 Å². The number of anilines is 1. The third-order valence-electron chi connectivity index (χ3n) is 2.87. The average molecular weight is 334 g/mol. The molecule has 0 atom stereocenters. The number of ether oxygens (including phenoxy) is 1. The van der Waals surface area contributed by atoms with Crippen LogP contribution in [0.25, 0.3) is 0 Å². The van der Waals surface area contributed by atoms with E-state index in [4.69, 9.17) is 4.74 Å². The highest BCUT2D eigenvalue weighted by Gasteiger charge is 2.13. The first kappa shape index (κ1) is 19.2. The molecule has 0 aromatic heterocycles. The SMILES string of the molecule is C=CCCCNc1ccc(COC(=O)CC(=O)ONC(C)=O)cc1. The number of allylic oxidation sites excluding steroid dienone is 1. The normalized spacial score (nSPS) is 9.71. The molecule has 1 amide bonds. The van der Waals surface area contributed by atoms with Gasteiger partial charge < -0.3 is 14.9 Å². The van der Waals surface area contributed by atoms with E-state index in [-0.39, 0.29) is 6.61 Å². The molecule has 0 unspecified atom stereocenters. The summed E-state index contributed by atoms with van der Waals surface area (Å²) in [6, 6.07) is 7.45. The Bertz CT molecular complexity index is 569. The summed E-state index contributed by atoms with van der Waals surface area (Å²) >= 11 is 0. The molecule has 0 fully saturated rings. The van der Waals surface area contributed by atoms with Crippen LogP contribution in [-0.4, -0.2) is 24.4 Å². The third kappa shape index (κ3) is 8.57. The Hall–Kier alpha value is -2.83. The number of amides is 1. The number of carbonyl (C=O) groups excluding carboxylic acids is 3. The number of hydroxylamine groups is 1. The van der Waals surface area contributed by atoms with E-state index >= 15 is 0 Å². The Balaban J connectivity index is 2.28. The molecule has 0 bridgehead atoms. The van der Waals surface area contributed by atoms with Gasteiger partial charge in [0.25, 0.3) is 0 Å². The van der Waals surface area contributed by atoms with Crippen LogP contribution in [0.5, 0.6) is 0 Å². The van der Waals surface area contributed by atoms with Gasteiger partial charge in [0.15, 0.2) is 0 Å². The van der Waals surface area contributed by atoms with Gasteiger partial charge >= 0.3 is 11.9 Å². The van der Waals surface area contributed by atoms with Gasteiger partial charge in [-0.3, -0.25) is 9.59 Å². The maximum Gasteiger partial charge on any atom is 0.343 e. The fourth-order valence-electron chi connectivity index (χ4n) is 1.70. The molecule has 1 aromatic carbocycles. The fourth-order valence-corrected chi connectivity index (χ4v) is 1.70. The van der Waals surface area contributed by atoms with Crippen molar-refractivity contribution in [2.75, 3.05) is 11.9 Å². The highest BCUT2D eigenvalue weighted by molar-refractivity contribution is 5.91. The zero-order valence-electron chi connectivity index (χ0n) is 13.7. The Kier molecular flexibility index (Phi) is 8.67. The quantitative estimate of drug-likeness (QED) is 0.236. The molecule has 2 N–H and O–H groups in total. The van der Waals surface area contributed by atoms with Crippen LogP contribution in [0.2, 0.25) is 0 Å². The van der Waals surface area contributed by atoms with Gasteiger partial charge in [-0.15, -0.1) is 6.58 Å². The number of esters is 1. The van der Waals surface area contributed by atoms with E-state index < -0.39 is 24.3 Å². The van der Waals surface area contributed by atoms with Crippen LogP contribution in [0.4, 0.5) is 5.69 Å². The van der Waals surface area contributed by atoms with Gasteiger partial charge in [0.2, 0.25) is 5.91 Å². The van der Waals surface area contributed by atoms with Crippen molar-refractivity contribution in [3.63, 3.8) is 0 Å².